The molecule has 1 nitrogen and oxygen atoms in total. The lowest BCUT2D eigenvalue weighted by Crippen LogP contribution is -1.90. The van der Waals surface area contributed by atoms with E-state index >= 15 is 0 Å². The van der Waals surface area contributed by atoms with E-state index in [0.717, 1.165) is 15.4 Å². The first-order valence-electron chi connectivity index (χ1n) is 4.12. The van der Waals surface area contributed by atoms with Crippen molar-refractivity contribution in [2.24, 2.45) is 0 Å². The van der Waals surface area contributed by atoms with Crippen molar-refractivity contribution in [1.82, 2.24) is 0 Å². The molecule has 1 aromatic carbocycles. The van der Waals surface area contributed by atoms with Gasteiger partial charge in [0.25, 0.3) is 0 Å². The van der Waals surface area contributed by atoms with Gasteiger partial charge in [0.15, 0.2) is 0 Å². The van der Waals surface area contributed by atoms with Gasteiger partial charge in [0.05, 0.1) is 6.61 Å². The molecule has 0 fully saturated rings. The summed E-state index contributed by atoms with van der Waals surface area (Å²) in [6.07, 6.45) is 0. The third kappa shape index (κ3) is 1.65. The second kappa shape index (κ2) is 4.31. The molecule has 0 saturated carbocycles. The fraction of sp³-hybridized carbons (Fsp3) is 0.200. The Morgan fingerprint density at radius 3 is 2.79 bits per heavy atom. The average molecular weight is 336 g/mol. The predicted molar refractivity (Wildman–Crippen MR) is 68.1 cm³/mol. The highest BCUT2D eigenvalue weighted by Gasteiger charge is 2.09. The van der Waals surface area contributed by atoms with Crippen LogP contribution in [0.1, 0.15) is 11.1 Å². The second-order valence-corrected chi connectivity index (χ2v) is 5.25. The molecule has 1 aromatic heterocycles. The Bertz CT molecular complexity index is 464. The first kappa shape index (κ1) is 10.6. The molecule has 0 radical (unpaired) electrons. The molecule has 2 rings (SSSR count). The summed E-state index contributed by atoms with van der Waals surface area (Å²) in [6, 6.07) is 4.03. The van der Waals surface area contributed by atoms with Crippen LogP contribution >= 0.6 is 43.2 Å². The van der Waals surface area contributed by atoms with Crippen LogP contribution in [0.3, 0.4) is 0 Å². The summed E-state index contributed by atoms with van der Waals surface area (Å²) in [7, 11) is 0. The van der Waals surface area contributed by atoms with Gasteiger partial charge in [-0.05, 0) is 27.1 Å². The zero-order valence-electron chi connectivity index (χ0n) is 7.26. The minimum Gasteiger partial charge on any atom is -0.392 e. The van der Waals surface area contributed by atoms with Crippen LogP contribution in [-0.2, 0) is 11.9 Å². The molecule has 0 atom stereocenters. The van der Waals surface area contributed by atoms with Crippen LogP contribution in [0.5, 0.6) is 0 Å². The van der Waals surface area contributed by atoms with Gasteiger partial charge in [0, 0.05) is 25.3 Å². The highest BCUT2D eigenvalue weighted by atomic mass is 79.9. The Hall–Kier alpha value is 0.1000. The normalized spacial score (nSPS) is 11.1. The van der Waals surface area contributed by atoms with Gasteiger partial charge in [-0.25, -0.2) is 0 Å². The number of aliphatic hydroxyl groups excluding tert-OH is 1. The molecule has 2 aromatic rings. The lowest BCUT2D eigenvalue weighted by molar-refractivity contribution is 0.281. The molecule has 1 N–H and O–H groups in total. The summed E-state index contributed by atoms with van der Waals surface area (Å²) in [6.45, 7) is 0.104. The van der Waals surface area contributed by atoms with E-state index in [1.165, 1.54) is 15.6 Å². The molecular weight excluding hydrogens is 328 g/mol. The standard InChI is InChI=1S/C10H8Br2OS/c11-3-8-6(4-13)1-2-7-9(12)5-14-10(7)8/h1-2,5,13H,3-4H2. The summed E-state index contributed by atoms with van der Waals surface area (Å²) in [5.41, 5.74) is 2.20. The highest BCUT2D eigenvalue weighted by molar-refractivity contribution is 9.10. The fourth-order valence-corrected chi connectivity index (χ4v) is 4.03. The van der Waals surface area contributed by atoms with Gasteiger partial charge >= 0.3 is 0 Å². The van der Waals surface area contributed by atoms with Gasteiger partial charge in [-0.15, -0.1) is 11.3 Å². The Kier molecular flexibility index (Phi) is 3.27. The quantitative estimate of drug-likeness (QED) is 0.821. The molecule has 0 bridgehead atoms. The highest BCUT2D eigenvalue weighted by Crippen LogP contribution is 2.35. The van der Waals surface area contributed by atoms with E-state index in [2.05, 4.69) is 37.2 Å². The molecule has 0 amide bonds. The number of alkyl halides is 1. The Morgan fingerprint density at radius 1 is 1.36 bits per heavy atom. The molecule has 0 aliphatic heterocycles. The van der Waals surface area contributed by atoms with E-state index in [1.54, 1.807) is 11.3 Å². The minimum absolute atomic E-state index is 0.104. The predicted octanol–water partition coefficient (Wildman–Crippen LogP) is 4.05. The van der Waals surface area contributed by atoms with Crippen molar-refractivity contribution in [3.05, 3.63) is 33.1 Å². The molecule has 4 heteroatoms. The maximum atomic E-state index is 9.19. The summed E-state index contributed by atoms with van der Waals surface area (Å²) in [4.78, 5) is 0. The van der Waals surface area contributed by atoms with Crippen LogP contribution in [0.2, 0.25) is 0 Å². The summed E-state index contributed by atoms with van der Waals surface area (Å²) >= 11 is 8.68. The van der Waals surface area contributed by atoms with Crippen molar-refractivity contribution in [3.8, 4) is 0 Å². The molecule has 1 heterocycles. The van der Waals surface area contributed by atoms with E-state index in [-0.39, 0.29) is 6.61 Å². The number of rotatable bonds is 2. The Labute approximate surface area is 103 Å². The van der Waals surface area contributed by atoms with Crippen LogP contribution in [-0.4, -0.2) is 5.11 Å². The molecule has 0 aliphatic rings. The average Bonchev–Trinajstić information content (AvgIpc) is 2.59. The lowest BCUT2D eigenvalue weighted by atomic mass is 10.1. The van der Waals surface area contributed by atoms with Gasteiger partial charge in [-0.3, -0.25) is 0 Å². The van der Waals surface area contributed by atoms with Gasteiger partial charge in [-0.2, -0.15) is 0 Å². The van der Waals surface area contributed by atoms with E-state index in [9.17, 15) is 5.11 Å². The third-order valence-corrected chi connectivity index (χ3v) is 4.77. The van der Waals surface area contributed by atoms with Gasteiger partial charge < -0.3 is 5.11 Å². The van der Waals surface area contributed by atoms with Crippen molar-refractivity contribution < 1.29 is 5.11 Å². The maximum Gasteiger partial charge on any atom is 0.0685 e. The first-order chi connectivity index (χ1) is 6.77. The second-order valence-electron chi connectivity index (χ2n) is 2.96. The van der Waals surface area contributed by atoms with E-state index < -0.39 is 0 Å². The van der Waals surface area contributed by atoms with Crippen LogP contribution in [0.25, 0.3) is 10.1 Å². The van der Waals surface area contributed by atoms with Crippen molar-refractivity contribution >= 4 is 53.3 Å². The molecule has 0 aliphatic carbocycles. The van der Waals surface area contributed by atoms with Gasteiger partial charge in [-0.1, -0.05) is 28.1 Å². The lowest BCUT2D eigenvalue weighted by Gasteiger charge is -2.05. The minimum atomic E-state index is 0.104. The van der Waals surface area contributed by atoms with Crippen LogP contribution < -0.4 is 0 Å². The number of benzene rings is 1. The van der Waals surface area contributed by atoms with E-state index in [1.807, 2.05) is 12.1 Å². The number of thiophene rings is 1. The third-order valence-electron chi connectivity index (χ3n) is 2.20. The van der Waals surface area contributed by atoms with Crippen LogP contribution in [0.4, 0.5) is 0 Å². The van der Waals surface area contributed by atoms with Gasteiger partial charge in [0.2, 0.25) is 0 Å². The summed E-state index contributed by atoms with van der Waals surface area (Å²) in [5, 5.41) is 13.3. The molecule has 74 valence electrons. The van der Waals surface area contributed by atoms with Crippen molar-refractivity contribution in [2.45, 2.75) is 11.9 Å². The summed E-state index contributed by atoms with van der Waals surface area (Å²) in [5.74, 6) is 0. The van der Waals surface area contributed by atoms with Crippen molar-refractivity contribution in [3.63, 3.8) is 0 Å². The van der Waals surface area contributed by atoms with Crippen molar-refractivity contribution in [2.75, 3.05) is 0 Å². The first-order valence-corrected chi connectivity index (χ1v) is 6.91. The molecule has 0 spiro atoms. The SMILES string of the molecule is OCc1ccc2c(Br)csc2c1CBr. The molecular formula is C10H8Br2OS. The Morgan fingerprint density at radius 2 is 2.14 bits per heavy atom. The number of fused-ring (bicyclic) bond motifs is 1. The molecule has 0 saturated heterocycles. The number of halogens is 2. The van der Waals surface area contributed by atoms with Crippen LogP contribution in [0, 0.1) is 0 Å². The smallest absolute Gasteiger partial charge is 0.0685 e. The topological polar surface area (TPSA) is 20.2 Å². The van der Waals surface area contributed by atoms with E-state index in [0.29, 0.717) is 0 Å². The largest absolute Gasteiger partial charge is 0.392 e. The number of hydrogen-bond acceptors (Lipinski definition) is 2. The summed E-state index contributed by atoms with van der Waals surface area (Å²) < 4.78 is 2.38. The van der Waals surface area contributed by atoms with Gasteiger partial charge in [0.1, 0.15) is 0 Å². The molecule has 0 unspecified atom stereocenters. The zero-order chi connectivity index (χ0) is 10.1. The Balaban J connectivity index is 2.77. The van der Waals surface area contributed by atoms with Crippen LogP contribution in [0.15, 0.2) is 22.0 Å². The molecule has 14 heavy (non-hydrogen) atoms. The fourth-order valence-electron chi connectivity index (χ4n) is 1.46. The number of hydrogen-bond donors (Lipinski definition) is 1. The maximum absolute atomic E-state index is 9.19. The monoisotopic (exact) mass is 334 g/mol. The zero-order valence-corrected chi connectivity index (χ0v) is 11.2. The number of aliphatic hydroxyl groups is 1. The van der Waals surface area contributed by atoms with Crippen molar-refractivity contribution in [1.29, 1.82) is 0 Å². The van der Waals surface area contributed by atoms with E-state index in [4.69, 9.17) is 0 Å².